The predicted octanol–water partition coefficient (Wildman–Crippen LogP) is 2.43. The molecule has 0 fully saturated rings. The summed E-state index contributed by atoms with van der Waals surface area (Å²) in [5.74, 6) is 0.585. The van der Waals surface area contributed by atoms with Crippen molar-refractivity contribution in [1.29, 1.82) is 0 Å². The summed E-state index contributed by atoms with van der Waals surface area (Å²) in [7, 11) is 0. The van der Waals surface area contributed by atoms with Crippen LogP contribution < -0.4 is 10.1 Å². The van der Waals surface area contributed by atoms with Crippen molar-refractivity contribution in [1.82, 2.24) is 14.6 Å². The van der Waals surface area contributed by atoms with Crippen LogP contribution in [0.3, 0.4) is 0 Å². The third-order valence-corrected chi connectivity index (χ3v) is 4.81. The smallest absolute Gasteiger partial charge is 0.266 e. The van der Waals surface area contributed by atoms with E-state index in [1.165, 1.54) is 15.9 Å². The average molecular weight is 311 g/mol. The van der Waals surface area contributed by atoms with Crippen molar-refractivity contribution in [3.8, 4) is 11.4 Å². The number of thiophene rings is 1. The Kier molecular flexibility index (Phi) is 2.90. The lowest BCUT2D eigenvalue weighted by molar-refractivity contribution is 0.937. The highest BCUT2D eigenvalue weighted by Crippen LogP contribution is 2.16. The van der Waals surface area contributed by atoms with Crippen molar-refractivity contribution in [3.63, 3.8) is 0 Å². The molecule has 0 saturated heterocycles. The van der Waals surface area contributed by atoms with Crippen LogP contribution in [0.25, 0.3) is 22.4 Å². The minimum Gasteiger partial charge on any atom is -0.266 e. The molecule has 0 N–H and O–H groups in total. The topological polar surface area (TPSA) is 47.3 Å². The SMILES string of the molecule is O=c1/c(=C/c2cccs2)sc2nc(-c3ccccc3)nn12. The minimum absolute atomic E-state index is 0.113. The van der Waals surface area contributed by atoms with Gasteiger partial charge in [0.1, 0.15) is 0 Å². The first-order chi connectivity index (χ1) is 10.3. The van der Waals surface area contributed by atoms with Crippen LogP contribution in [0.1, 0.15) is 4.88 Å². The molecule has 0 radical (unpaired) electrons. The number of aromatic nitrogens is 3. The number of rotatable bonds is 2. The van der Waals surface area contributed by atoms with Crippen LogP contribution in [-0.2, 0) is 0 Å². The number of benzene rings is 1. The van der Waals surface area contributed by atoms with Crippen LogP contribution in [0.2, 0.25) is 0 Å². The maximum Gasteiger partial charge on any atom is 0.291 e. The molecule has 0 bridgehead atoms. The summed E-state index contributed by atoms with van der Waals surface area (Å²) in [6, 6.07) is 13.6. The van der Waals surface area contributed by atoms with E-state index < -0.39 is 0 Å². The van der Waals surface area contributed by atoms with Crippen LogP contribution in [0.15, 0.2) is 52.6 Å². The second kappa shape index (κ2) is 4.91. The zero-order chi connectivity index (χ0) is 14.2. The predicted molar refractivity (Wildman–Crippen MR) is 85.7 cm³/mol. The van der Waals surface area contributed by atoms with Crippen LogP contribution in [0.5, 0.6) is 0 Å². The van der Waals surface area contributed by atoms with E-state index in [2.05, 4.69) is 10.1 Å². The summed E-state index contributed by atoms with van der Waals surface area (Å²) in [6.07, 6.45) is 1.89. The van der Waals surface area contributed by atoms with E-state index >= 15 is 0 Å². The molecule has 6 heteroatoms. The van der Waals surface area contributed by atoms with Gasteiger partial charge in [0.25, 0.3) is 5.56 Å². The van der Waals surface area contributed by atoms with Gasteiger partial charge in [-0.3, -0.25) is 4.79 Å². The van der Waals surface area contributed by atoms with E-state index in [0.717, 1.165) is 10.4 Å². The van der Waals surface area contributed by atoms with Gasteiger partial charge in [0, 0.05) is 10.4 Å². The van der Waals surface area contributed by atoms with Gasteiger partial charge in [0.2, 0.25) is 4.96 Å². The number of nitrogens with zero attached hydrogens (tertiary/aromatic N) is 3. The molecule has 102 valence electrons. The molecule has 4 nitrogen and oxygen atoms in total. The fourth-order valence-electron chi connectivity index (χ4n) is 2.05. The molecule has 1 aromatic carbocycles. The lowest BCUT2D eigenvalue weighted by Crippen LogP contribution is -2.23. The summed E-state index contributed by atoms with van der Waals surface area (Å²) in [4.78, 5) is 18.5. The van der Waals surface area contributed by atoms with E-state index in [-0.39, 0.29) is 5.56 Å². The normalized spacial score (nSPS) is 12.3. The zero-order valence-electron chi connectivity index (χ0n) is 10.8. The van der Waals surface area contributed by atoms with Gasteiger partial charge in [0.15, 0.2) is 5.82 Å². The van der Waals surface area contributed by atoms with Gasteiger partial charge >= 0.3 is 0 Å². The van der Waals surface area contributed by atoms with Gasteiger partial charge in [0.05, 0.1) is 4.53 Å². The second-order valence-corrected chi connectivity index (χ2v) is 6.42. The first-order valence-corrected chi connectivity index (χ1v) is 8.01. The van der Waals surface area contributed by atoms with Crippen LogP contribution in [-0.4, -0.2) is 14.6 Å². The maximum absolute atomic E-state index is 12.3. The lowest BCUT2D eigenvalue weighted by atomic mass is 10.2. The fraction of sp³-hybridized carbons (Fsp3) is 0. The van der Waals surface area contributed by atoms with Gasteiger partial charge in [-0.1, -0.05) is 47.7 Å². The van der Waals surface area contributed by atoms with Gasteiger partial charge in [-0.2, -0.15) is 9.50 Å². The highest BCUT2D eigenvalue weighted by molar-refractivity contribution is 7.15. The third kappa shape index (κ3) is 2.18. The monoisotopic (exact) mass is 311 g/mol. The minimum atomic E-state index is -0.113. The fourth-order valence-corrected chi connectivity index (χ4v) is 3.68. The molecule has 0 aliphatic rings. The molecular formula is C15H9N3OS2. The molecule has 3 heterocycles. The molecule has 0 amide bonds. The van der Waals surface area contributed by atoms with Crippen LogP contribution in [0, 0.1) is 0 Å². The van der Waals surface area contributed by atoms with Gasteiger partial charge in [-0.05, 0) is 17.5 Å². The molecule has 4 aromatic rings. The summed E-state index contributed by atoms with van der Waals surface area (Å²) in [5, 5.41) is 6.31. The van der Waals surface area contributed by atoms with Gasteiger partial charge < -0.3 is 0 Å². The Morgan fingerprint density at radius 2 is 1.95 bits per heavy atom. The maximum atomic E-state index is 12.3. The highest BCUT2D eigenvalue weighted by Gasteiger charge is 2.11. The summed E-state index contributed by atoms with van der Waals surface area (Å²) in [6.45, 7) is 0. The molecule has 4 rings (SSSR count). The van der Waals surface area contributed by atoms with E-state index in [9.17, 15) is 4.79 Å². The molecule has 0 aliphatic heterocycles. The van der Waals surface area contributed by atoms with Crippen molar-refractivity contribution < 1.29 is 0 Å². The van der Waals surface area contributed by atoms with Crippen LogP contribution in [0.4, 0.5) is 0 Å². The molecular weight excluding hydrogens is 302 g/mol. The van der Waals surface area contributed by atoms with E-state index in [0.29, 0.717) is 15.3 Å². The van der Waals surface area contributed by atoms with E-state index in [1.54, 1.807) is 11.3 Å². The number of hydrogen-bond acceptors (Lipinski definition) is 5. The molecule has 0 atom stereocenters. The first-order valence-electron chi connectivity index (χ1n) is 6.31. The highest BCUT2D eigenvalue weighted by atomic mass is 32.1. The van der Waals surface area contributed by atoms with E-state index in [4.69, 9.17) is 0 Å². The van der Waals surface area contributed by atoms with Crippen molar-refractivity contribution in [2.24, 2.45) is 0 Å². The Balaban J connectivity index is 1.87. The Morgan fingerprint density at radius 3 is 2.67 bits per heavy atom. The van der Waals surface area contributed by atoms with Gasteiger partial charge in [-0.25, -0.2) is 0 Å². The van der Waals surface area contributed by atoms with Crippen molar-refractivity contribution in [2.75, 3.05) is 0 Å². The Morgan fingerprint density at radius 1 is 1.10 bits per heavy atom. The Hall–Kier alpha value is -2.31. The molecule has 0 saturated carbocycles. The molecule has 0 unspecified atom stereocenters. The van der Waals surface area contributed by atoms with Crippen molar-refractivity contribution in [2.45, 2.75) is 0 Å². The quantitative estimate of drug-likeness (QED) is 0.571. The summed E-state index contributed by atoms with van der Waals surface area (Å²) in [5.41, 5.74) is 0.801. The summed E-state index contributed by atoms with van der Waals surface area (Å²) < 4.78 is 2.04. The number of hydrogen-bond donors (Lipinski definition) is 0. The largest absolute Gasteiger partial charge is 0.291 e. The van der Waals surface area contributed by atoms with Crippen molar-refractivity contribution in [3.05, 3.63) is 67.6 Å². The summed E-state index contributed by atoms with van der Waals surface area (Å²) >= 11 is 2.97. The molecule has 3 aromatic heterocycles. The number of thiazole rings is 1. The first kappa shape index (κ1) is 12.4. The Labute approximate surface area is 127 Å². The van der Waals surface area contributed by atoms with Crippen LogP contribution >= 0.6 is 22.7 Å². The van der Waals surface area contributed by atoms with E-state index in [1.807, 2.05) is 53.9 Å². The van der Waals surface area contributed by atoms with Gasteiger partial charge in [-0.15, -0.1) is 16.4 Å². The van der Waals surface area contributed by atoms with Crippen molar-refractivity contribution >= 4 is 33.7 Å². The lowest BCUT2D eigenvalue weighted by Gasteiger charge is -1.91. The average Bonchev–Trinajstić information content (AvgIpc) is 3.21. The zero-order valence-corrected chi connectivity index (χ0v) is 12.4. The molecule has 0 spiro atoms. The standard InChI is InChI=1S/C15H9N3OS2/c19-14-12(9-11-7-4-8-20-11)21-15-16-13(17-18(14)15)10-5-2-1-3-6-10/h1-9H/b12-9-. The third-order valence-electron chi connectivity index (χ3n) is 3.03. The number of fused-ring (bicyclic) bond motifs is 1. The Bertz CT molecular complexity index is 1000. The molecule has 21 heavy (non-hydrogen) atoms. The molecule has 0 aliphatic carbocycles. The second-order valence-electron chi connectivity index (χ2n) is 4.43.